The Morgan fingerprint density at radius 1 is 1.22 bits per heavy atom. The Morgan fingerprint density at radius 3 is 2.72 bits per heavy atom. The van der Waals surface area contributed by atoms with Crippen LogP contribution in [0.25, 0.3) is 0 Å². The summed E-state index contributed by atoms with van der Waals surface area (Å²) in [4.78, 5) is 4.40. The summed E-state index contributed by atoms with van der Waals surface area (Å²) in [6.07, 6.45) is 2.57. The van der Waals surface area contributed by atoms with Gasteiger partial charge in [-0.1, -0.05) is 28.1 Å². The van der Waals surface area contributed by atoms with E-state index in [0.717, 1.165) is 22.2 Å². The normalized spacial score (nSPS) is 12.4. The number of rotatable bonds is 3. The van der Waals surface area contributed by atoms with Gasteiger partial charge in [-0.05, 0) is 48.7 Å². The molecule has 0 radical (unpaired) electrons. The van der Waals surface area contributed by atoms with Crippen LogP contribution in [0, 0.1) is 13.8 Å². The Morgan fingerprint density at radius 2 is 2.00 bits per heavy atom. The molecule has 0 saturated carbocycles. The Bertz CT molecular complexity index is 554. The van der Waals surface area contributed by atoms with E-state index in [2.05, 4.69) is 53.0 Å². The van der Waals surface area contributed by atoms with Crippen molar-refractivity contribution in [1.82, 2.24) is 4.98 Å². The van der Waals surface area contributed by atoms with Crippen LogP contribution in [0.3, 0.4) is 0 Å². The molecule has 94 valence electrons. The first kappa shape index (κ1) is 13.6. The summed E-state index contributed by atoms with van der Waals surface area (Å²) in [5.74, 6) is 0. The average Bonchev–Trinajstić information content (AvgIpc) is 2.35. The van der Waals surface area contributed by atoms with Crippen LogP contribution in [-0.4, -0.2) is 4.98 Å². The molecule has 3 heteroatoms. The number of hydrogen-bond donors (Lipinski definition) is 0. The summed E-state index contributed by atoms with van der Waals surface area (Å²) < 4.78 is 1.06. The number of aryl methyl sites for hydroxylation is 2. The molecule has 0 saturated heterocycles. The maximum absolute atomic E-state index is 6.53. The van der Waals surface area contributed by atoms with E-state index in [1.165, 1.54) is 11.1 Å². The number of alkyl halides is 1. The number of benzene rings is 1. The van der Waals surface area contributed by atoms with Crippen molar-refractivity contribution in [3.8, 4) is 0 Å². The summed E-state index contributed by atoms with van der Waals surface area (Å²) in [6, 6.07) is 10.2. The van der Waals surface area contributed by atoms with E-state index in [1.54, 1.807) is 0 Å². The minimum atomic E-state index is -0.0453. The van der Waals surface area contributed by atoms with Gasteiger partial charge in [0.2, 0.25) is 0 Å². The van der Waals surface area contributed by atoms with Crippen molar-refractivity contribution in [3.63, 3.8) is 0 Å². The van der Waals surface area contributed by atoms with Crippen LogP contribution in [0.5, 0.6) is 0 Å². The van der Waals surface area contributed by atoms with Gasteiger partial charge in [-0.3, -0.25) is 4.98 Å². The SMILES string of the molecule is Cc1ccc(Br)cc1C(Cl)Cc1ncccc1C. The fourth-order valence-electron chi connectivity index (χ4n) is 1.96. The Balaban J connectivity index is 2.25. The molecule has 1 heterocycles. The third-order valence-electron chi connectivity index (χ3n) is 3.07. The number of pyridine rings is 1. The summed E-state index contributed by atoms with van der Waals surface area (Å²) in [5.41, 5.74) is 4.63. The zero-order valence-electron chi connectivity index (χ0n) is 10.5. The predicted molar refractivity (Wildman–Crippen MR) is 80.2 cm³/mol. The van der Waals surface area contributed by atoms with Crippen LogP contribution in [-0.2, 0) is 6.42 Å². The van der Waals surface area contributed by atoms with Crippen molar-refractivity contribution in [1.29, 1.82) is 0 Å². The minimum Gasteiger partial charge on any atom is -0.261 e. The van der Waals surface area contributed by atoms with Gasteiger partial charge in [-0.25, -0.2) is 0 Å². The molecule has 1 aromatic carbocycles. The molecule has 0 fully saturated rings. The van der Waals surface area contributed by atoms with Gasteiger partial charge in [0.05, 0.1) is 5.38 Å². The van der Waals surface area contributed by atoms with Crippen molar-refractivity contribution in [2.45, 2.75) is 25.6 Å². The number of nitrogens with zero attached hydrogens (tertiary/aromatic N) is 1. The summed E-state index contributed by atoms with van der Waals surface area (Å²) >= 11 is 10.0. The van der Waals surface area contributed by atoms with Crippen LogP contribution in [0.1, 0.15) is 27.8 Å². The van der Waals surface area contributed by atoms with Gasteiger partial charge in [0.15, 0.2) is 0 Å². The van der Waals surface area contributed by atoms with Crippen LogP contribution in [0.2, 0.25) is 0 Å². The van der Waals surface area contributed by atoms with Crippen molar-refractivity contribution in [2.24, 2.45) is 0 Å². The predicted octanol–water partition coefficient (Wildman–Crippen LogP) is 4.98. The van der Waals surface area contributed by atoms with E-state index in [4.69, 9.17) is 11.6 Å². The molecule has 0 bridgehead atoms. The number of aromatic nitrogens is 1. The summed E-state index contributed by atoms with van der Waals surface area (Å²) in [6.45, 7) is 4.15. The zero-order chi connectivity index (χ0) is 13.1. The summed E-state index contributed by atoms with van der Waals surface area (Å²) in [7, 11) is 0. The van der Waals surface area contributed by atoms with Gasteiger partial charge in [-0.2, -0.15) is 0 Å². The molecule has 0 spiro atoms. The molecule has 18 heavy (non-hydrogen) atoms. The van der Waals surface area contributed by atoms with Crippen LogP contribution in [0.15, 0.2) is 41.0 Å². The molecule has 0 N–H and O–H groups in total. The van der Waals surface area contributed by atoms with Gasteiger partial charge >= 0.3 is 0 Å². The summed E-state index contributed by atoms with van der Waals surface area (Å²) in [5, 5.41) is -0.0453. The second-order valence-electron chi connectivity index (χ2n) is 4.44. The van der Waals surface area contributed by atoms with Crippen molar-refractivity contribution >= 4 is 27.5 Å². The van der Waals surface area contributed by atoms with E-state index < -0.39 is 0 Å². The standard InChI is InChI=1S/C15H15BrClN/c1-10-5-6-12(16)8-13(10)14(17)9-15-11(2)4-3-7-18-15/h3-8,14H,9H2,1-2H3. The monoisotopic (exact) mass is 323 g/mol. The van der Waals surface area contributed by atoms with Crippen molar-refractivity contribution in [3.05, 3.63) is 63.4 Å². The first-order chi connectivity index (χ1) is 8.58. The van der Waals surface area contributed by atoms with Gasteiger partial charge in [0, 0.05) is 22.8 Å². The van der Waals surface area contributed by atoms with Crippen molar-refractivity contribution < 1.29 is 0 Å². The maximum atomic E-state index is 6.53. The van der Waals surface area contributed by atoms with E-state index in [-0.39, 0.29) is 5.38 Å². The van der Waals surface area contributed by atoms with Crippen molar-refractivity contribution in [2.75, 3.05) is 0 Å². The second kappa shape index (κ2) is 5.85. The average molecular weight is 325 g/mol. The molecule has 1 unspecified atom stereocenters. The Kier molecular flexibility index (Phi) is 4.41. The molecular weight excluding hydrogens is 310 g/mol. The first-order valence-electron chi connectivity index (χ1n) is 5.88. The molecule has 0 amide bonds. The van der Waals surface area contributed by atoms with Gasteiger partial charge in [-0.15, -0.1) is 11.6 Å². The first-order valence-corrected chi connectivity index (χ1v) is 7.11. The lowest BCUT2D eigenvalue weighted by atomic mass is 10.0. The lowest BCUT2D eigenvalue weighted by Gasteiger charge is -2.14. The molecular formula is C15H15BrClN. The highest BCUT2D eigenvalue weighted by atomic mass is 79.9. The molecule has 1 nitrogen and oxygen atoms in total. The fraction of sp³-hybridized carbons (Fsp3) is 0.267. The highest BCUT2D eigenvalue weighted by Gasteiger charge is 2.13. The molecule has 2 rings (SSSR count). The third kappa shape index (κ3) is 3.12. The van der Waals surface area contributed by atoms with E-state index in [1.807, 2.05) is 18.3 Å². The molecule has 2 aromatic rings. The van der Waals surface area contributed by atoms with Gasteiger partial charge < -0.3 is 0 Å². The maximum Gasteiger partial charge on any atom is 0.0643 e. The molecule has 1 atom stereocenters. The van der Waals surface area contributed by atoms with Gasteiger partial charge in [0.1, 0.15) is 0 Å². The molecule has 1 aromatic heterocycles. The van der Waals surface area contributed by atoms with E-state index in [0.29, 0.717) is 0 Å². The van der Waals surface area contributed by atoms with E-state index in [9.17, 15) is 0 Å². The van der Waals surface area contributed by atoms with Crippen LogP contribution in [0.4, 0.5) is 0 Å². The van der Waals surface area contributed by atoms with Crippen LogP contribution < -0.4 is 0 Å². The fourth-order valence-corrected chi connectivity index (χ4v) is 2.72. The number of halogens is 2. The Labute approximate surface area is 121 Å². The second-order valence-corrected chi connectivity index (χ2v) is 5.88. The lowest BCUT2D eigenvalue weighted by molar-refractivity contribution is 0.862. The quantitative estimate of drug-likeness (QED) is 0.725. The minimum absolute atomic E-state index is 0.0453. The zero-order valence-corrected chi connectivity index (χ0v) is 12.8. The highest BCUT2D eigenvalue weighted by molar-refractivity contribution is 9.10. The molecule has 0 aliphatic rings. The topological polar surface area (TPSA) is 12.9 Å². The lowest BCUT2D eigenvalue weighted by Crippen LogP contribution is -2.02. The van der Waals surface area contributed by atoms with Gasteiger partial charge in [0.25, 0.3) is 0 Å². The largest absolute Gasteiger partial charge is 0.261 e. The van der Waals surface area contributed by atoms with Crippen LogP contribution >= 0.6 is 27.5 Å². The smallest absolute Gasteiger partial charge is 0.0643 e. The van der Waals surface area contributed by atoms with E-state index >= 15 is 0 Å². The number of hydrogen-bond acceptors (Lipinski definition) is 1. The Hall–Kier alpha value is -0.860. The molecule has 0 aliphatic heterocycles. The molecule has 0 aliphatic carbocycles. The highest BCUT2D eigenvalue weighted by Crippen LogP contribution is 2.30. The third-order valence-corrected chi connectivity index (χ3v) is 3.95.